The van der Waals surface area contributed by atoms with Crippen molar-refractivity contribution < 1.29 is 27.1 Å². The zero-order valence-corrected chi connectivity index (χ0v) is 16.0. The standard InChI is InChI=1S/C19H19FN2O5S/c1-27-17-7-6-15(12-16(17)22-18(23)8-9-19(22)24)28(25,26)21-11-10-13-2-4-14(20)5-3-13/h2-7,12,21H,8-11H2,1H3. The van der Waals surface area contributed by atoms with E-state index in [9.17, 15) is 22.4 Å². The number of nitrogens with zero attached hydrogens (tertiary/aromatic N) is 1. The lowest BCUT2D eigenvalue weighted by molar-refractivity contribution is -0.121. The molecule has 2 aromatic rings. The number of rotatable bonds is 7. The molecule has 3 rings (SSSR count). The Balaban J connectivity index is 1.79. The van der Waals surface area contributed by atoms with Crippen molar-refractivity contribution in [2.45, 2.75) is 24.2 Å². The molecule has 0 radical (unpaired) electrons. The van der Waals surface area contributed by atoms with Crippen LogP contribution in [-0.2, 0) is 26.0 Å². The number of sulfonamides is 1. The molecule has 1 fully saturated rings. The minimum absolute atomic E-state index is 0.0783. The Kier molecular flexibility index (Phi) is 5.76. The Labute approximate surface area is 162 Å². The normalized spacial score (nSPS) is 14.6. The lowest BCUT2D eigenvalue weighted by Crippen LogP contribution is -2.30. The van der Waals surface area contributed by atoms with Crippen molar-refractivity contribution in [1.29, 1.82) is 0 Å². The van der Waals surface area contributed by atoms with Crippen molar-refractivity contribution >= 4 is 27.5 Å². The minimum Gasteiger partial charge on any atom is -0.495 e. The first-order chi connectivity index (χ1) is 13.3. The molecule has 0 unspecified atom stereocenters. The number of imide groups is 1. The molecule has 28 heavy (non-hydrogen) atoms. The molecule has 0 aromatic heterocycles. The van der Waals surface area contributed by atoms with E-state index >= 15 is 0 Å². The van der Waals surface area contributed by atoms with Gasteiger partial charge in [-0.25, -0.2) is 22.4 Å². The summed E-state index contributed by atoms with van der Waals surface area (Å²) in [6.45, 7) is 0.108. The molecule has 2 aromatic carbocycles. The Morgan fingerprint density at radius 2 is 1.71 bits per heavy atom. The van der Waals surface area contributed by atoms with Gasteiger partial charge in [0.1, 0.15) is 11.6 Å². The van der Waals surface area contributed by atoms with Gasteiger partial charge in [-0.2, -0.15) is 0 Å². The molecule has 0 saturated carbocycles. The molecule has 2 amide bonds. The number of methoxy groups -OCH3 is 1. The van der Waals surface area contributed by atoms with Crippen molar-refractivity contribution in [3.05, 3.63) is 53.8 Å². The fourth-order valence-electron chi connectivity index (χ4n) is 2.92. The average molecular weight is 406 g/mol. The molecule has 0 atom stereocenters. The summed E-state index contributed by atoms with van der Waals surface area (Å²) in [7, 11) is -2.51. The van der Waals surface area contributed by atoms with Gasteiger partial charge in [-0.3, -0.25) is 9.59 Å². The van der Waals surface area contributed by atoms with E-state index in [4.69, 9.17) is 4.74 Å². The third-order valence-electron chi connectivity index (χ3n) is 4.37. The number of carbonyl (C=O) groups excluding carboxylic acids is 2. The first kappa shape index (κ1) is 20.0. The molecular weight excluding hydrogens is 387 g/mol. The number of benzene rings is 2. The van der Waals surface area contributed by atoms with E-state index in [1.807, 2.05) is 0 Å². The second-order valence-corrected chi connectivity index (χ2v) is 8.00. The number of hydrogen-bond donors (Lipinski definition) is 1. The van der Waals surface area contributed by atoms with Crippen LogP contribution in [0.3, 0.4) is 0 Å². The van der Waals surface area contributed by atoms with Crippen LogP contribution in [0.15, 0.2) is 47.4 Å². The lowest BCUT2D eigenvalue weighted by atomic mass is 10.1. The van der Waals surface area contributed by atoms with Gasteiger partial charge in [-0.05, 0) is 42.3 Å². The van der Waals surface area contributed by atoms with E-state index in [1.165, 1.54) is 37.4 Å². The van der Waals surface area contributed by atoms with Gasteiger partial charge in [-0.1, -0.05) is 12.1 Å². The van der Waals surface area contributed by atoms with Gasteiger partial charge in [0.05, 0.1) is 17.7 Å². The van der Waals surface area contributed by atoms with Crippen LogP contribution in [0.5, 0.6) is 5.75 Å². The minimum atomic E-state index is -3.88. The van der Waals surface area contributed by atoms with Gasteiger partial charge in [-0.15, -0.1) is 0 Å². The van der Waals surface area contributed by atoms with Crippen molar-refractivity contribution in [2.75, 3.05) is 18.6 Å². The maximum absolute atomic E-state index is 12.9. The molecule has 0 bridgehead atoms. The fraction of sp³-hybridized carbons (Fsp3) is 0.263. The zero-order valence-electron chi connectivity index (χ0n) is 15.1. The SMILES string of the molecule is COc1ccc(S(=O)(=O)NCCc2ccc(F)cc2)cc1N1C(=O)CCC1=O. The fourth-order valence-corrected chi connectivity index (χ4v) is 3.97. The van der Waals surface area contributed by atoms with Crippen LogP contribution in [0, 0.1) is 5.82 Å². The van der Waals surface area contributed by atoms with E-state index in [-0.39, 0.29) is 41.5 Å². The summed E-state index contributed by atoms with van der Waals surface area (Å²) in [4.78, 5) is 24.9. The summed E-state index contributed by atoms with van der Waals surface area (Å²) in [6.07, 6.45) is 0.537. The highest BCUT2D eigenvalue weighted by molar-refractivity contribution is 7.89. The Hall–Kier alpha value is -2.78. The second-order valence-electron chi connectivity index (χ2n) is 6.23. The van der Waals surface area contributed by atoms with Crippen LogP contribution in [0.1, 0.15) is 18.4 Å². The van der Waals surface area contributed by atoms with E-state index in [0.29, 0.717) is 6.42 Å². The summed E-state index contributed by atoms with van der Waals surface area (Å²) >= 11 is 0. The van der Waals surface area contributed by atoms with Gasteiger partial charge in [0.2, 0.25) is 21.8 Å². The van der Waals surface area contributed by atoms with Gasteiger partial charge in [0.25, 0.3) is 0 Å². The van der Waals surface area contributed by atoms with Crippen molar-refractivity contribution in [3.63, 3.8) is 0 Å². The quantitative estimate of drug-likeness (QED) is 0.710. The molecule has 1 N–H and O–H groups in total. The number of hydrogen-bond acceptors (Lipinski definition) is 5. The number of halogens is 1. The number of amides is 2. The molecule has 0 spiro atoms. The van der Waals surface area contributed by atoms with Gasteiger partial charge < -0.3 is 4.74 Å². The highest BCUT2D eigenvalue weighted by atomic mass is 32.2. The second kappa shape index (κ2) is 8.07. The summed E-state index contributed by atoms with van der Waals surface area (Å²) in [5.41, 5.74) is 0.893. The Morgan fingerprint density at radius 1 is 1.07 bits per heavy atom. The number of nitrogens with one attached hydrogen (secondary N) is 1. The predicted molar refractivity (Wildman–Crippen MR) is 100 cm³/mol. The first-order valence-electron chi connectivity index (χ1n) is 8.60. The first-order valence-corrected chi connectivity index (χ1v) is 10.1. The molecule has 148 valence electrons. The topological polar surface area (TPSA) is 92.8 Å². The molecule has 1 aliphatic heterocycles. The van der Waals surface area contributed by atoms with E-state index < -0.39 is 21.8 Å². The third kappa shape index (κ3) is 4.20. The summed E-state index contributed by atoms with van der Waals surface area (Å²) in [5, 5.41) is 0. The number of anilines is 1. The Morgan fingerprint density at radius 3 is 2.32 bits per heavy atom. The average Bonchev–Trinajstić information content (AvgIpc) is 3.01. The maximum atomic E-state index is 12.9. The van der Waals surface area contributed by atoms with Crippen molar-refractivity contribution in [1.82, 2.24) is 4.72 Å². The molecule has 1 heterocycles. The smallest absolute Gasteiger partial charge is 0.240 e. The van der Waals surface area contributed by atoms with Crippen molar-refractivity contribution in [2.24, 2.45) is 0 Å². The summed E-state index contributed by atoms with van der Waals surface area (Å²) in [5.74, 6) is -0.931. The van der Waals surface area contributed by atoms with Crippen molar-refractivity contribution in [3.8, 4) is 5.75 Å². The van der Waals surface area contributed by atoms with Gasteiger partial charge in [0.15, 0.2) is 0 Å². The monoisotopic (exact) mass is 406 g/mol. The van der Waals surface area contributed by atoms with E-state index in [2.05, 4.69) is 4.72 Å². The largest absolute Gasteiger partial charge is 0.495 e. The summed E-state index contributed by atoms with van der Waals surface area (Å²) in [6, 6.07) is 9.78. The number of ether oxygens (including phenoxy) is 1. The van der Waals surface area contributed by atoms with Crippen LogP contribution in [0.25, 0.3) is 0 Å². The van der Waals surface area contributed by atoms with Crippen LogP contribution in [-0.4, -0.2) is 33.9 Å². The van der Waals surface area contributed by atoms with Crippen LogP contribution < -0.4 is 14.4 Å². The maximum Gasteiger partial charge on any atom is 0.240 e. The molecular formula is C19H19FN2O5S. The highest BCUT2D eigenvalue weighted by Gasteiger charge is 2.33. The molecule has 1 aliphatic rings. The summed E-state index contributed by atoms with van der Waals surface area (Å²) < 4.78 is 45.8. The number of carbonyl (C=O) groups is 2. The molecule has 1 saturated heterocycles. The molecule has 0 aliphatic carbocycles. The molecule has 7 nitrogen and oxygen atoms in total. The third-order valence-corrected chi connectivity index (χ3v) is 5.83. The predicted octanol–water partition coefficient (Wildman–Crippen LogP) is 2.01. The Bertz CT molecular complexity index is 989. The lowest BCUT2D eigenvalue weighted by Gasteiger charge is -2.18. The van der Waals surface area contributed by atoms with E-state index in [0.717, 1.165) is 10.5 Å². The highest BCUT2D eigenvalue weighted by Crippen LogP contribution is 2.34. The zero-order chi connectivity index (χ0) is 20.3. The van der Waals surface area contributed by atoms with Crippen LogP contribution in [0.4, 0.5) is 10.1 Å². The van der Waals surface area contributed by atoms with Crippen LogP contribution >= 0.6 is 0 Å². The van der Waals surface area contributed by atoms with E-state index in [1.54, 1.807) is 12.1 Å². The van der Waals surface area contributed by atoms with Crippen LogP contribution in [0.2, 0.25) is 0 Å². The van der Waals surface area contributed by atoms with Gasteiger partial charge in [0, 0.05) is 19.4 Å². The van der Waals surface area contributed by atoms with Gasteiger partial charge >= 0.3 is 0 Å². The molecule has 9 heteroatoms.